The Balaban J connectivity index is 2.04. The highest BCUT2D eigenvalue weighted by molar-refractivity contribution is 6.43. The average Bonchev–Trinajstić information content (AvgIpc) is 2.89. The maximum absolute atomic E-state index is 13.0. The lowest BCUT2D eigenvalue weighted by molar-refractivity contribution is 0.0990. The number of allylic oxidation sites excluding steroid dienone is 1. The molecule has 2 heteroatoms. The molecule has 25 heavy (non-hydrogen) atoms. The van der Waals surface area contributed by atoms with Crippen LogP contribution in [0.25, 0.3) is 5.57 Å². The molecule has 1 aliphatic rings. The van der Waals surface area contributed by atoms with E-state index in [0.717, 1.165) is 16.7 Å². The summed E-state index contributed by atoms with van der Waals surface area (Å²) in [6, 6.07) is 24.6. The molecule has 4 rings (SSSR count). The number of hydrogen-bond donors (Lipinski definition) is 0. The van der Waals surface area contributed by atoms with Crippen molar-refractivity contribution < 1.29 is 9.59 Å². The number of Topliss-reactive ketones (excluding diaryl/α,β-unsaturated/α-hetero) is 2. The summed E-state index contributed by atoms with van der Waals surface area (Å²) in [5.41, 5.74) is 4.79. The normalized spacial score (nSPS) is 13.1. The molecule has 120 valence electrons. The molecule has 1 aliphatic carbocycles. The van der Waals surface area contributed by atoms with E-state index in [1.54, 1.807) is 24.3 Å². The zero-order chi connectivity index (χ0) is 17.4. The number of rotatable bonds is 2. The Morgan fingerprint density at radius 2 is 1.20 bits per heavy atom. The van der Waals surface area contributed by atoms with E-state index in [4.69, 9.17) is 0 Å². The summed E-state index contributed by atoms with van der Waals surface area (Å²) in [5.74, 6) is -0.387. The fourth-order valence-electron chi connectivity index (χ4n) is 3.34. The molecule has 0 radical (unpaired) electrons. The highest BCUT2D eigenvalue weighted by Gasteiger charge is 2.35. The summed E-state index contributed by atoms with van der Waals surface area (Å²) in [4.78, 5) is 26.0. The van der Waals surface area contributed by atoms with Gasteiger partial charge in [-0.2, -0.15) is 0 Å². The monoisotopic (exact) mass is 324 g/mol. The van der Waals surface area contributed by atoms with Crippen molar-refractivity contribution in [2.75, 3.05) is 0 Å². The minimum atomic E-state index is -0.194. The van der Waals surface area contributed by atoms with Gasteiger partial charge in [0.05, 0.1) is 5.57 Å². The molecule has 0 spiro atoms. The molecule has 0 saturated carbocycles. The summed E-state index contributed by atoms with van der Waals surface area (Å²) in [6.45, 7) is 2.00. The Bertz CT molecular complexity index is 990. The third-order valence-corrected chi connectivity index (χ3v) is 4.49. The van der Waals surface area contributed by atoms with E-state index < -0.39 is 0 Å². The van der Waals surface area contributed by atoms with Gasteiger partial charge in [-0.15, -0.1) is 0 Å². The van der Waals surface area contributed by atoms with Gasteiger partial charge in [0, 0.05) is 16.7 Å². The van der Waals surface area contributed by atoms with Gasteiger partial charge < -0.3 is 0 Å². The second-order valence-electron chi connectivity index (χ2n) is 6.19. The number of carbonyl (C=O) groups is 2. The Hall–Kier alpha value is -3.26. The lowest BCUT2D eigenvalue weighted by Crippen LogP contribution is -2.06. The van der Waals surface area contributed by atoms with Crippen molar-refractivity contribution in [3.8, 4) is 0 Å². The summed E-state index contributed by atoms with van der Waals surface area (Å²) >= 11 is 0. The quantitative estimate of drug-likeness (QED) is 0.497. The third-order valence-electron chi connectivity index (χ3n) is 4.49. The van der Waals surface area contributed by atoms with Gasteiger partial charge in [-0.05, 0) is 18.1 Å². The first-order valence-corrected chi connectivity index (χ1v) is 8.22. The van der Waals surface area contributed by atoms with Gasteiger partial charge in [0.15, 0.2) is 11.6 Å². The van der Waals surface area contributed by atoms with Crippen LogP contribution in [0, 0.1) is 6.92 Å². The highest BCUT2D eigenvalue weighted by Crippen LogP contribution is 2.35. The number of fused-ring (bicyclic) bond motifs is 1. The standard InChI is InChI=1S/C23H16O2/c1-15-8-7-11-17(14-15)20(16-9-3-2-4-10-16)21-22(24)18-12-5-6-13-19(18)23(21)25/h2-14H,1H3. The predicted molar refractivity (Wildman–Crippen MR) is 98.7 cm³/mol. The number of ketones is 2. The van der Waals surface area contributed by atoms with Crippen molar-refractivity contribution in [1.29, 1.82) is 0 Å². The van der Waals surface area contributed by atoms with E-state index in [-0.39, 0.29) is 17.1 Å². The fraction of sp³-hybridized carbons (Fsp3) is 0.0435. The van der Waals surface area contributed by atoms with Gasteiger partial charge in [0.2, 0.25) is 0 Å². The van der Waals surface area contributed by atoms with Crippen molar-refractivity contribution in [3.05, 3.63) is 112 Å². The molecule has 0 atom stereocenters. The molecule has 2 nitrogen and oxygen atoms in total. The molecular weight excluding hydrogens is 308 g/mol. The van der Waals surface area contributed by atoms with Crippen molar-refractivity contribution >= 4 is 17.1 Å². The first kappa shape index (κ1) is 15.3. The minimum Gasteiger partial charge on any atom is -0.288 e. The van der Waals surface area contributed by atoms with E-state index in [9.17, 15) is 9.59 Å². The molecule has 0 saturated heterocycles. The van der Waals surface area contributed by atoms with E-state index in [0.29, 0.717) is 16.7 Å². The number of aryl methyl sites for hydroxylation is 1. The Morgan fingerprint density at radius 1 is 0.640 bits per heavy atom. The highest BCUT2D eigenvalue weighted by atomic mass is 16.2. The van der Waals surface area contributed by atoms with Crippen LogP contribution in [0.5, 0.6) is 0 Å². The van der Waals surface area contributed by atoms with Crippen LogP contribution >= 0.6 is 0 Å². The molecule has 0 amide bonds. The van der Waals surface area contributed by atoms with Gasteiger partial charge in [-0.1, -0.05) is 84.4 Å². The zero-order valence-corrected chi connectivity index (χ0v) is 13.8. The first-order chi connectivity index (χ1) is 12.2. The van der Waals surface area contributed by atoms with E-state index in [2.05, 4.69) is 0 Å². The maximum Gasteiger partial charge on any atom is 0.198 e. The van der Waals surface area contributed by atoms with Crippen molar-refractivity contribution in [1.82, 2.24) is 0 Å². The number of carbonyl (C=O) groups excluding carboxylic acids is 2. The number of hydrogen-bond acceptors (Lipinski definition) is 2. The Morgan fingerprint density at radius 3 is 1.80 bits per heavy atom. The Kier molecular flexibility index (Phi) is 3.66. The summed E-state index contributed by atoms with van der Waals surface area (Å²) < 4.78 is 0. The molecule has 3 aromatic carbocycles. The summed E-state index contributed by atoms with van der Waals surface area (Å²) in [6.07, 6.45) is 0. The topological polar surface area (TPSA) is 34.1 Å². The molecule has 0 aromatic heterocycles. The molecule has 0 N–H and O–H groups in total. The fourth-order valence-corrected chi connectivity index (χ4v) is 3.34. The maximum atomic E-state index is 13.0. The third kappa shape index (κ3) is 2.52. The SMILES string of the molecule is Cc1cccc(C(=C2C(=O)c3ccccc3C2=O)c2ccccc2)c1. The average molecular weight is 324 g/mol. The molecule has 0 heterocycles. The molecule has 3 aromatic rings. The van der Waals surface area contributed by atoms with Crippen LogP contribution in [-0.2, 0) is 0 Å². The first-order valence-electron chi connectivity index (χ1n) is 8.22. The molecule has 0 unspecified atom stereocenters. The van der Waals surface area contributed by atoms with Crippen LogP contribution < -0.4 is 0 Å². The van der Waals surface area contributed by atoms with E-state index in [1.807, 2.05) is 61.5 Å². The second-order valence-corrected chi connectivity index (χ2v) is 6.19. The van der Waals surface area contributed by atoms with Gasteiger partial charge in [-0.25, -0.2) is 0 Å². The molecular formula is C23H16O2. The van der Waals surface area contributed by atoms with Crippen LogP contribution in [0.15, 0.2) is 84.4 Å². The van der Waals surface area contributed by atoms with Crippen molar-refractivity contribution in [3.63, 3.8) is 0 Å². The molecule has 0 fully saturated rings. The molecule has 0 bridgehead atoms. The second kappa shape index (κ2) is 5.99. The zero-order valence-electron chi connectivity index (χ0n) is 13.8. The largest absolute Gasteiger partial charge is 0.288 e. The lowest BCUT2D eigenvalue weighted by atomic mass is 9.90. The van der Waals surface area contributed by atoms with Crippen molar-refractivity contribution in [2.24, 2.45) is 0 Å². The van der Waals surface area contributed by atoms with Gasteiger partial charge in [-0.3, -0.25) is 9.59 Å². The van der Waals surface area contributed by atoms with Gasteiger partial charge in [0.25, 0.3) is 0 Å². The van der Waals surface area contributed by atoms with Crippen LogP contribution in [0.4, 0.5) is 0 Å². The minimum absolute atomic E-state index is 0.194. The van der Waals surface area contributed by atoms with Crippen LogP contribution in [0.3, 0.4) is 0 Å². The van der Waals surface area contributed by atoms with Gasteiger partial charge >= 0.3 is 0 Å². The summed E-state index contributed by atoms with van der Waals surface area (Å²) in [7, 11) is 0. The van der Waals surface area contributed by atoms with Crippen molar-refractivity contribution in [2.45, 2.75) is 6.92 Å². The van der Waals surface area contributed by atoms with Gasteiger partial charge in [0.1, 0.15) is 0 Å². The Labute approximate surface area is 146 Å². The smallest absolute Gasteiger partial charge is 0.198 e. The van der Waals surface area contributed by atoms with E-state index in [1.165, 1.54) is 0 Å². The summed E-state index contributed by atoms with van der Waals surface area (Å²) in [5, 5.41) is 0. The predicted octanol–water partition coefficient (Wildman–Crippen LogP) is 4.88. The van der Waals surface area contributed by atoms with Crippen LogP contribution in [0.2, 0.25) is 0 Å². The molecule has 0 aliphatic heterocycles. The lowest BCUT2D eigenvalue weighted by Gasteiger charge is -2.12. The van der Waals surface area contributed by atoms with E-state index >= 15 is 0 Å². The number of benzene rings is 3. The van der Waals surface area contributed by atoms with Crippen LogP contribution in [0.1, 0.15) is 37.4 Å². The van der Waals surface area contributed by atoms with Crippen LogP contribution in [-0.4, -0.2) is 11.6 Å².